The van der Waals surface area contributed by atoms with E-state index in [9.17, 15) is 5.11 Å². The predicted octanol–water partition coefficient (Wildman–Crippen LogP) is 3.18. The van der Waals surface area contributed by atoms with Gasteiger partial charge >= 0.3 is 0 Å². The van der Waals surface area contributed by atoms with E-state index in [0.717, 1.165) is 17.7 Å². The van der Waals surface area contributed by atoms with Gasteiger partial charge in [-0.05, 0) is 17.2 Å². The lowest BCUT2D eigenvalue weighted by molar-refractivity contribution is -0.124. The van der Waals surface area contributed by atoms with Crippen molar-refractivity contribution in [1.82, 2.24) is 5.32 Å². The van der Waals surface area contributed by atoms with Crippen LogP contribution in [0.1, 0.15) is 11.1 Å². The third-order valence-electron chi connectivity index (χ3n) is 4.15. The number of hydrogen-bond acceptors (Lipinski definition) is 3. The highest BCUT2D eigenvalue weighted by molar-refractivity contribution is 6.31. The van der Waals surface area contributed by atoms with Crippen LogP contribution in [0, 0.1) is 0 Å². The van der Waals surface area contributed by atoms with Crippen LogP contribution < -0.4 is 5.32 Å². The van der Waals surface area contributed by atoms with Gasteiger partial charge < -0.3 is 15.2 Å². The topological polar surface area (TPSA) is 41.5 Å². The Morgan fingerprint density at radius 3 is 2.48 bits per heavy atom. The fourth-order valence-corrected chi connectivity index (χ4v) is 3.14. The zero-order valence-corrected chi connectivity index (χ0v) is 14.3. The second-order valence-electron chi connectivity index (χ2n) is 5.62. The summed E-state index contributed by atoms with van der Waals surface area (Å²) in [7, 11) is 0. The van der Waals surface area contributed by atoms with E-state index in [2.05, 4.69) is 5.32 Å². The summed E-state index contributed by atoms with van der Waals surface area (Å²) in [5.74, 6) is 0. The number of aliphatic hydroxyl groups is 1. The minimum absolute atomic E-state index is 0. The smallest absolute Gasteiger partial charge is 0.121 e. The molecule has 1 heterocycles. The highest BCUT2D eigenvalue weighted by Gasteiger charge is 2.40. The van der Waals surface area contributed by atoms with E-state index in [-0.39, 0.29) is 18.5 Å². The number of nitrogens with one attached hydrogen (secondary N) is 1. The Kier molecular flexibility index (Phi) is 6.45. The molecule has 1 aliphatic heterocycles. The first-order chi connectivity index (χ1) is 10.7. The molecule has 23 heavy (non-hydrogen) atoms. The van der Waals surface area contributed by atoms with Gasteiger partial charge in [-0.3, -0.25) is 0 Å². The first kappa shape index (κ1) is 18.2. The van der Waals surface area contributed by atoms with Gasteiger partial charge in [0.05, 0.1) is 6.61 Å². The molecule has 3 nitrogen and oxygen atoms in total. The molecule has 124 valence electrons. The SMILES string of the molecule is Cl.O[C@](Cc1ccccc1Cl)(c1ccccc1)C1CNCCO1. The highest BCUT2D eigenvalue weighted by atomic mass is 35.5. The maximum Gasteiger partial charge on any atom is 0.121 e. The quantitative estimate of drug-likeness (QED) is 0.886. The van der Waals surface area contributed by atoms with Crippen LogP contribution in [0.15, 0.2) is 54.6 Å². The number of halogens is 2. The molecular weight excluding hydrogens is 333 g/mol. The molecule has 0 bridgehead atoms. The van der Waals surface area contributed by atoms with Crippen LogP contribution in [0.4, 0.5) is 0 Å². The summed E-state index contributed by atoms with van der Waals surface area (Å²) in [5.41, 5.74) is 0.660. The lowest BCUT2D eigenvalue weighted by Crippen LogP contribution is -2.52. The molecule has 1 fully saturated rings. The summed E-state index contributed by atoms with van der Waals surface area (Å²) in [4.78, 5) is 0. The molecule has 0 aliphatic carbocycles. The van der Waals surface area contributed by atoms with Gasteiger partial charge in [-0.1, -0.05) is 60.1 Å². The van der Waals surface area contributed by atoms with Gasteiger partial charge in [-0.25, -0.2) is 0 Å². The molecule has 2 N–H and O–H groups in total. The Balaban J connectivity index is 0.00000192. The molecule has 2 atom stereocenters. The number of benzene rings is 2. The molecule has 3 rings (SSSR count). The minimum Gasteiger partial charge on any atom is -0.382 e. The zero-order valence-electron chi connectivity index (χ0n) is 12.7. The van der Waals surface area contributed by atoms with Crippen molar-refractivity contribution in [3.63, 3.8) is 0 Å². The minimum atomic E-state index is -1.11. The number of hydrogen-bond donors (Lipinski definition) is 2. The van der Waals surface area contributed by atoms with E-state index in [1.54, 1.807) is 0 Å². The molecule has 1 saturated heterocycles. The number of rotatable bonds is 4. The van der Waals surface area contributed by atoms with E-state index >= 15 is 0 Å². The van der Waals surface area contributed by atoms with Gasteiger partial charge in [0.1, 0.15) is 11.7 Å². The normalized spacial score (nSPS) is 20.3. The molecule has 0 radical (unpaired) electrons. The Morgan fingerprint density at radius 2 is 1.83 bits per heavy atom. The lowest BCUT2D eigenvalue weighted by atomic mass is 9.82. The van der Waals surface area contributed by atoms with E-state index in [1.165, 1.54) is 0 Å². The standard InChI is InChI=1S/C18H20ClNO2.ClH/c19-16-9-5-4-6-14(16)12-18(21,15-7-2-1-3-8-15)17-13-20-10-11-22-17;/h1-9,17,20-21H,10-13H2;1H/t17?,18-;/m1./s1. The summed E-state index contributed by atoms with van der Waals surface area (Å²) in [6, 6.07) is 17.3. The summed E-state index contributed by atoms with van der Waals surface area (Å²) in [6.45, 7) is 2.03. The summed E-state index contributed by atoms with van der Waals surface area (Å²) < 4.78 is 5.85. The van der Waals surface area contributed by atoms with Gasteiger partial charge in [0.25, 0.3) is 0 Å². The molecule has 0 saturated carbocycles. The third kappa shape index (κ3) is 4.06. The zero-order chi connectivity index (χ0) is 15.4. The summed E-state index contributed by atoms with van der Waals surface area (Å²) in [6.07, 6.45) is 0.114. The Hall–Kier alpha value is -1.10. The second-order valence-corrected chi connectivity index (χ2v) is 6.03. The molecule has 1 aliphatic rings. The Labute approximate surface area is 148 Å². The van der Waals surface area contributed by atoms with Gasteiger partial charge in [0, 0.05) is 24.5 Å². The molecule has 2 aromatic rings. The van der Waals surface area contributed by atoms with Crippen molar-refractivity contribution < 1.29 is 9.84 Å². The van der Waals surface area contributed by atoms with Crippen molar-refractivity contribution in [2.75, 3.05) is 19.7 Å². The van der Waals surface area contributed by atoms with Crippen LogP contribution in [0.2, 0.25) is 5.02 Å². The lowest BCUT2D eigenvalue weighted by Gasteiger charge is -2.39. The summed E-state index contributed by atoms with van der Waals surface area (Å²) in [5, 5.41) is 15.4. The van der Waals surface area contributed by atoms with E-state index in [4.69, 9.17) is 16.3 Å². The van der Waals surface area contributed by atoms with Crippen LogP contribution in [0.5, 0.6) is 0 Å². The Bertz CT molecular complexity index is 617. The van der Waals surface area contributed by atoms with E-state index in [0.29, 0.717) is 24.6 Å². The first-order valence-electron chi connectivity index (χ1n) is 7.54. The summed E-state index contributed by atoms with van der Waals surface area (Å²) >= 11 is 6.29. The molecule has 5 heteroatoms. The van der Waals surface area contributed by atoms with E-state index in [1.807, 2.05) is 54.6 Å². The fraction of sp³-hybridized carbons (Fsp3) is 0.333. The second kappa shape index (κ2) is 8.13. The largest absolute Gasteiger partial charge is 0.382 e. The van der Waals surface area contributed by atoms with Crippen LogP contribution in [-0.4, -0.2) is 30.9 Å². The van der Waals surface area contributed by atoms with Crippen molar-refractivity contribution in [3.05, 3.63) is 70.7 Å². The molecule has 1 unspecified atom stereocenters. The highest BCUT2D eigenvalue weighted by Crippen LogP contribution is 2.33. The molecule has 0 aromatic heterocycles. The maximum atomic E-state index is 11.5. The van der Waals surface area contributed by atoms with Crippen molar-refractivity contribution in [2.45, 2.75) is 18.1 Å². The number of morpholine rings is 1. The van der Waals surface area contributed by atoms with Crippen molar-refractivity contribution in [3.8, 4) is 0 Å². The van der Waals surface area contributed by atoms with Crippen LogP contribution in [-0.2, 0) is 16.8 Å². The van der Waals surface area contributed by atoms with Crippen LogP contribution in [0.3, 0.4) is 0 Å². The monoisotopic (exact) mass is 353 g/mol. The van der Waals surface area contributed by atoms with Crippen molar-refractivity contribution in [1.29, 1.82) is 0 Å². The van der Waals surface area contributed by atoms with Gasteiger partial charge in [0.15, 0.2) is 0 Å². The molecule has 0 spiro atoms. The van der Waals surface area contributed by atoms with Crippen LogP contribution >= 0.6 is 24.0 Å². The molecule has 0 amide bonds. The fourth-order valence-electron chi connectivity index (χ4n) is 2.93. The molecular formula is C18H21Cl2NO2. The average molecular weight is 354 g/mol. The Morgan fingerprint density at radius 1 is 1.13 bits per heavy atom. The first-order valence-corrected chi connectivity index (χ1v) is 7.91. The number of ether oxygens (including phenoxy) is 1. The maximum absolute atomic E-state index is 11.5. The average Bonchev–Trinajstić information content (AvgIpc) is 2.58. The van der Waals surface area contributed by atoms with Gasteiger partial charge in [-0.2, -0.15) is 0 Å². The van der Waals surface area contributed by atoms with Crippen molar-refractivity contribution >= 4 is 24.0 Å². The predicted molar refractivity (Wildman–Crippen MR) is 95.4 cm³/mol. The van der Waals surface area contributed by atoms with Crippen molar-refractivity contribution in [2.24, 2.45) is 0 Å². The third-order valence-corrected chi connectivity index (χ3v) is 4.52. The van der Waals surface area contributed by atoms with Gasteiger partial charge in [0.2, 0.25) is 0 Å². The van der Waals surface area contributed by atoms with Gasteiger partial charge in [-0.15, -0.1) is 12.4 Å². The van der Waals surface area contributed by atoms with E-state index < -0.39 is 5.60 Å². The molecule has 2 aromatic carbocycles. The van der Waals surface area contributed by atoms with Crippen LogP contribution in [0.25, 0.3) is 0 Å².